The van der Waals surface area contributed by atoms with Gasteiger partial charge in [0.05, 0.1) is 23.5 Å². The molecule has 4 nitrogen and oxygen atoms in total. The van der Waals surface area contributed by atoms with Crippen LogP contribution in [-0.4, -0.2) is 40.8 Å². The van der Waals surface area contributed by atoms with Crippen LogP contribution in [0.25, 0.3) is 0 Å². The quantitative estimate of drug-likeness (QED) is 0.111. The second-order valence-electron chi connectivity index (χ2n) is 13.0. The molecule has 1 aliphatic heterocycles. The van der Waals surface area contributed by atoms with E-state index in [1.165, 1.54) is 0 Å². The number of nitrogens with zero attached hydrogens (tertiary/aromatic N) is 1. The summed E-state index contributed by atoms with van der Waals surface area (Å²) in [6.45, 7) is 11.0. The molecular weight excluding hydrogens is 572 g/mol. The van der Waals surface area contributed by atoms with Crippen LogP contribution in [0.5, 0.6) is 0 Å². The molecule has 0 aromatic heterocycles. The summed E-state index contributed by atoms with van der Waals surface area (Å²) in [7, 11) is -1.30. The largest absolute Gasteiger partial charge is 0.406 e. The summed E-state index contributed by atoms with van der Waals surface area (Å²) in [5.41, 5.74) is 1.24. The molecule has 2 atom stereocenters. The van der Waals surface area contributed by atoms with Crippen molar-refractivity contribution in [2.45, 2.75) is 63.9 Å². The van der Waals surface area contributed by atoms with Gasteiger partial charge in [-0.3, -0.25) is 4.79 Å². The van der Waals surface area contributed by atoms with E-state index in [1.807, 2.05) is 110 Å². The van der Waals surface area contributed by atoms with Crippen LogP contribution in [0.15, 0.2) is 97.1 Å². The SMILES string of the molecule is CC1CN(c2c(C(O[SiH2]C(C)(C)C)(c3ccccc3)c3ccccc3)cc(C(=O)Cc3ccccc3)c(F)c2F)CC(C)O1. The first-order chi connectivity index (χ1) is 21.0. The van der Waals surface area contributed by atoms with Crippen LogP contribution in [0.3, 0.4) is 0 Å². The van der Waals surface area contributed by atoms with Crippen LogP contribution in [0.2, 0.25) is 5.04 Å². The highest BCUT2D eigenvalue weighted by molar-refractivity contribution is 6.32. The summed E-state index contributed by atoms with van der Waals surface area (Å²) >= 11 is 0. The van der Waals surface area contributed by atoms with E-state index in [9.17, 15) is 4.79 Å². The summed E-state index contributed by atoms with van der Waals surface area (Å²) in [6, 6.07) is 30.1. The van der Waals surface area contributed by atoms with Crippen molar-refractivity contribution in [3.8, 4) is 0 Å². The number of anilines is 1. The lowest BCUT2D eigenvalue weighted by atomic mass is 9.78. The average molecular weight is 614 g/mol. The highest BCUT2D eigenvalue weighted by atomic mass is 28.2. The number of hydrogen-bond donors (Lipinski definition) is 0. The minimum Gasteiger partial charge on any atom is -0.406 e. The molecule has 1 heterocycles. The van der Waals surface area contributed by atoms with E-state index in [0.717, 1.165) is 16.7 Å². The lowest BCUT2D eigenvalue weighted by Crippen LogP contribution is -2.48. The van der Waals surface area contributed by atoms with Crippen molar-refractivity contribution >= 4 is 21.2 Å². The van der Waals surface area contributed by atoms with Crippen LogP contribution in [0, 0.1) is 11.6 Å². The Morgan fingerprint density at radius 3 is 1.84 bits per heavy atom. The van der Waals surface area contributed by atoms with E-state index >= 15 is 8.78 Å². The molecule has 0 spiro atoms. The molecule has 1 fully saturated rings. The van der Waals surface area contributed by atoms with Gasteiger partial charge in [0.25, 0.3) is 0 Å². The molecule has 4 aromatic carbocycles. The van der Waals surface area contributed by atoms with Crippen molar-refractivity contribution in [2.24, 2.45) is 0 Å². The number of carbonyl (C=O) groups excluding carboxylic acids is 1. The Bertz CT molecular complexity index is 1530. The molecule has 2 unspecified atom stereocenters. The normalized spacial score (nSPS) is 17.8. The second kappa shape index (κ2) is 13.1. The van der Waals surface area contributed by atoms with Crippen molar-refractivity contribution in [1.82, 2.24) is 0 Å². The first-order valence-electron chi connectivity index (χ1n) is 15.2. The summed E-state index contributed by atoms with van der Waals surface area (Å²) in [4.78, 5) is 15.6. The van der Waals surface area contributed by atoms with Crippen molar-refractivity contribution in [1.29, 1.82) is 0 Å². The molecule has 1 saturated heterocycles. The first-order valence-corrected chi connectivity index (χ1v) is 16.5. The van der Waals surface area contributed by atoms with E-state index < -0.39 is 32.8 Å². The van der Waals surface area contributed by atoms with Crippen molar-refractivity contribution in [3.63, 3.8) is 0 Å². The molecule has 230 valence electrons. The van der Waals surface area contributed by atoms with E-state index in [-0.39, 0.29) is 34.9 Å². The Balaban J connectivity index is 1.84. The predicted octanol–water partition coefficient (Wildman–Crippen LogP) is 7.61. The third kappa shape index (κ3) is 6.70. The third-order valence-electron chi connectivity index (χ3n) is 7.89. The molecule has 0 amide bonds. The maximum Gasteiger partial charge on any atom is 0.183 e. The molecule has 4 aromatic rings. The van der Waals surface area contributed by atoms with Gasteiger partial charge in [0.2, 0.25) is 0 Å². The van der Waals surface area contributed by atoms with Gasteiger partial charge in [-0.25, -0.2) is 8.78 Å². The molecule has 7 heteroatoms. The standard InChI is InChI=1S/C37H41F2NO3Si/c1-25-23-40(24-26(2)42-25)35-31(22-30(33(38)34(35)39)32(41)21-27-15-9-6-10-16-27)37(43-44-36(3,4)5,28-17-11-7-12-18-28)29-19-13-8-14-20-29/h6-20,22,25-26H,21,23-24,44H2,1-5H3. The van der Waals surface area contributed by atoms with Gasteiger partial charge in [-0.1, -0.05) is 112 Å². The van der Waals surface area contributed by atoms with Gasteiger partial charge in [-0.15, -0.1) is 0 Å². The zero-order valence-corrected chi connectivity index (χ0v) is 27.6. The number of rotatable bonds is 9. The summed E-state index contributed by atoms with van der Waals surface area (Å²) < 4.78 is 46.2. The Labute approximate surface area is 262 Å². The Morgan fingerprint density at radius 2 is 1.34 bits per heavy atom. The Hall–Kier alpha value is -3.65. The monoisotopic (exact) mass is 613 g/mol. The van der Waals surface area contributed by atoms with Gasteiger partial charge in [-0.05, 0) is 41.6 Å². The van der Waals surface area contributed by atoms with Gasteiger partial charge < -0.3 is 14.1 Å². The molecule has 0 radical (unpaired) electrons. The summed E-state index contributed by atoms with van der Waals surface area (Å²) in [5, 5.41) is -0.124. The minimum atomic E-state index is -1.31. The molecule has 0 N–H and O–H groups in total. The number of benzene rings is 4. The molecule has 5 rings (SSSR count). The van der Waals surface area contributed by atoms with Gasteiger partial charge >= 0.3 is 0 Å². The Kier molecular flexibility index (Phi) is 9.49. The fraction of sp³-hybridized carbons (Fsp3) is 0.324. The number of carbonyl (C=O) groups is 1. The van der Waals surface area contributed by atoms with E-state index in [0.29, 0.717) is 18.7 Å². The highest BCUT2D eigenvalue weighted by Crippen LogP contribution is 2.48. The summed E-state index contributed by atoms with van der Waals surface area (Å²) in [5.74, 6) is -2.68. The average Bonchev–Trinajstić information content (AvgIpc) is 2.99. The highest BCUT2D eigenvalue weighted by Gasteiger charge is 2.44. The second-order valence-corrected chi connectivity index (χ2v) is 15.7. The fourth-order valence-electron chi connectivity index (χ4n) is 6.03. The number of morpholine rings is 1. The smallest absolute Gasteiger partial charge is 0.183 e. The van der Waals surface area contributed by atoms with Crippen LogP contribution in [-0.2, 0) is 21.2 Å². The molecule has 1 aliphatic rings. The van der Waals surface area contributed by atoms with Crippen LogP contribution < -0.4 is 4.90 Å². The number of hydrogen-bond acceptors (Lipinski definition) is 4. The Morgan fingerprint density at radius 1 is 0.841 bits per heavy atom. The lowest BCUT2D eigenvalue weighted by molar-refractivity contribution is -0.00567. The topological polar surface area (TPSA) is 38.8 Å². The predicted molar refractivity (Wildman–Crippen MR) is 175 cm³/mol. The molecule has 0 saturated carbocycles. The first kappa shape index (κ1) is 31.8. The molecule has 0 aliphatic carbocycles. The summed E-state index contributed by atoms with van der Waals surface area (Å²) in [6.07, 6.45) is -0.467. The van der Waals surface area contributed by atoms with Gasteiger partial charge in [-0.2, -0.15) is 0 Å². The minimum absolute atomic E-state index is 0.0527. The maximum atomic E-state index is 16.8. The zero-order valence-electron chi connectivity index (χ0n) is 26.1. The number of Topliss-reactive ketones (excluding diaryl/α,β-unsaturated/α-hetero) is 1. The van der Waals surface area contributed by atoms with E-state index in [1.54, 1.807) is 6.07 Å². The molecular formula is C37H41F2NO3Si. The van der Waals surface area contributed by atoms with Crippen LogP contribution >= 0.6 is 0 Å². The van der Waals surface area contributed by atoms with Gasteiger partial charge in [0, 0.05) is 25.1 Å². The van der Waals surface area contributed by atoms with Crippen LogP contribution in [0.1, 0.15) is 67.2 Å². The fourth-order valence-corrected chi connectivity index (χ4v) is 7.16. The van der Waals surface area contributed by atoms with Gasteiger partial charge in [0.15, 0.2) is 27.2 Å². The zero-order chi connectivity index (χ0) is 31.5. The van der Waals surface area contributed by atoms with Crippen LogP contribution in [0.4, 0.5) is 14.5 Å². The number of ketones is 1. The van der Waals surface area contributed by atoms with E-state index in [4.69, 9.17) is 9.16 Å². The number of ether oxygens (including phenoxy) is 1. The lowest BCUT2D eigenvalue weighted by Gasteiger charge is -2.43. The molecule has 0 bridgehead atoms. The number of halogens is 2. The van der Waals surface area contributed by atoms with Crippen molar-refractivity contribution in [3.05, 3.63) is 137 Å². The maximum absolute atomic E-state index is 16.8. The third-order valence-corrected chi connectivity index (χ3v) is 9.33. The molecule has 44 heavy (non-hydrogen) atoms. The van der Waals surface area contributed by atoms with Crippen molar-refractivity contribution in [2.75, 3.05) is 18.0 Å². The van der Waals surface area contributed by atoms with E-state index in [2.05, 4.69) is 20.8 Å². The van der Waals surface area contributed by atoms with Crippen molar-refractivity contribution < 1.29 is 22.7 Å². The van der Waals surface area contributed by atoms with Gasteiger partial charge in [0.1, 0.15) is 5.60 Å².